The highest BCUT2D eigenvalue weighted by molar-refractivity contribution is 7.09. The molecular weight excluding hydrogens is 290 g/mol. The summed E-state index contributed by atoms with van der Waals surface area (Å²) in [7, 11) is 0. The second kappa shape index (κ2) is 5.06. The molecule has 2 heterocycles. The number of nitrogens with one attached hydrogen (secondary N) is 1. The fourth-order valence-electron chi connectivity index (χ4n) is 1.46. The lowest BCUT2D eigenvalue weighted by atomic mass is 10.1. The predicted octanol–water partition coefficient (Wildman–Crippen LogP) is 2.84. The summed E-state index contributed by atoms with van der Waals surface area (Å²) in [5.41, 5.74) is -0.828. The first kappa shape index (κ1) is 13.6. The maximum atomic E-state index is 10.9. The monoisotopic (exact) mass is 299 g/mol. The topological polar surface area (TPSA) is 93.8 Å². The van der Waals surface area contributed by atoms with Crippen molar-refractivity contribution in [3.05, 3.63) is 38.2 Å². The maximum absolute atomic E-state index is 10.9. The molecule has 0 saturated heterocycles. The van der Waals surface area contributed by atoms with Crippen LogP contribution in [0.2, 0.25) is 5.28 Å². The number of rotatable bonds is 4. The van der Waals surface area contributed by atoms with Crippen LogP contribution >= 0.6 is 22.9 Å². The van der Waals surface area contributed by atoms with Crippen molar-refractivity contribution < 1.29 is 4.92 Å². The molecule has 19 heavy (non-hydrogen) atoms. The number of halogens is 1. The van der Waals surface area contributed by atoms with Gasteiger partial charge in [-0.05, 0) is 25.4 Å². The summed E-state index contributed by atoms with van der Waals surface area (Å²) in [6.07, 6.45) is 2.75. The third-order valence-corrected chi connectivity index (χ3v) is 3.61. The van der Waals surface area contributed by atoms with Gasteiger partial charge in [0.2, 0.25) is 11.1 Å². The molecule has 2 rings (SSSR count). The summed E-state index contributed by atoms with van der Waals surface area (Å²) in [6, 6.07) is 0. The minimum atomic E-state index is -0.601. The highest BCUT2D eigenvalue weighted by Gasteiger charge is 2.28. The van der Waals surface area contributed by atoms with Crippen molar-refractivity contribution in [1.82, 2.24) is 15.0 Å². The van der Waals surface area contributed by atoms with Gasteiger partial charge in [-0.2, -0.15) is 4.98 Å². The van der Waals surface area contributed by atoms with Gasteiger partial charge in [0, 0.05) is 11.6 Å². The third kappa shape index (κ3) is 2.96. The van der Waals surface area contributed by atoms with E-state index in [1.165, 1.54) is 11.3 Å². The summed E-state index contributed by atoms with van der Waals surface area (Å²) in [4.78, 5) is 22.0. The van der Waals surface area contributed by atoms with Gasteiger partial charge in [-0.1, -0.05) is 0 Å². The molecule has 0 radical (unpaired) electrons. The van der Waals surface area contributed by atoms with Crippen molar-refractivity contribution in [2.24, 2.45) is 0 Å². The van der Waals surface area contributed by atoms with E-state index >= 15 is 0 Å². The zero-order valence-electron chi connectivity index (χ0n) is 10.1. The van der Waals surface area contributed by atoms with E-state index in [1.807, 2.05) is 19.2 Å². The van der Waals surface area contributed by atoms with Gasteiger partial charge in [0.25, 0.3) is 0 Å². The smallest absolute Gasteiger partial charge is 0.329 e. The van der Waals surface area contributed by atoms with E-state index in [4.69, 9.17) is 11.6 Å². The summed E-state index contributed by atoms with van der Waals surface area (Å²) in [5.74, 6) is 0.0743. The number of nitro groups is 1. The molecule has 100 valence electrons. The molecule has 0 aliphatic rings. The average Bonchev–Trinajstić information content (AvgIpc) is 2.81. The van der Waals surface area contributed by atoms with Gasteiger partial charge in [0.1, 0.15) is 11.2 Å². The molecule has 2 aromatic rings. The Kier molecular flexibility index (Phi) is 3.63. The number of thiazole rings is 1. The number of anilines is 1. The highest BCUT2D eigenvalue weighted by atomic mass is 35.5. The van der Waals surface area contributed by atoms with Crippen molar-refractivity contribution in [3.63, 3.8) is 0 Å². The van der Waals surface area contributed by atoms with Crippen molar-refractivity contribution in [3.8, 4) is 0 Å². The molecule has 0 amide bonds. The van der Waals surface area contributed by atoms with Crippen molar-refractivity contribution in [2.45, 2.75) is 19.4 Å². The summed E-state index contributed by atoms with van der Waals surface area (Å²) >= 11 is 7.13. The lowest BCUT2D eigenvalue weighted by molar-refractivity contribution is -0.384. The molecule has 0 aliphatic heterocycles. The van der Waals surface area contributed by atoms with E-state index in [1.54, 1.807) is 6.20 Å². The van der Waals surface area contributed by atoms with Crippen LogP contribution < -0.4 is 5.32 Å². The van der Waals surface area contributed by atoms with Crippen LogP contribution in [0.4, 0.5) is 11.5 Å². The zero-order valence-corrected chi connectivity index (χ0v) is 11.7. The van der Waals surface area contributed by atoms with E-state index in [2.05, 4.69) is 20.3 Å². The van der Waals surface area contributed by atoms with E-state index in [-0.39, 0.29) is 16.8 Å². The number of nitrogens with zero attached hydrogens (tertiary/aromatic N) is 4. The summed E-state index contributed by atoms with van der Waals surface area (Å²) in [6.45, 7) is 3.71. The van der Waals surface area contributed by atoms with Gasteiger partial charge in [-0.25, -0.2) is 9.97 Å². The molecule has 0 bridgehead atoms. The Bertz CT molecular complexity index is 602. The Hall–Kier alpha value is -1.80. The molecule has 0 atom stereocenters. The quantitative estimate of drug-likeness (QED) is 0.530. The number of hydrogen-bond donors (Lipinski definition) is 1. The van der Waals surface area contributed by atoms with Crippen molar-refractivity contribution in [1.29, 1.82) is 0 Å². The van der Waals surface area contributed by atoms with Gasteiger partial charge in [0.15, 0.2) is 0 Å². The highest BCUT2D eigenvalue weighted by Crippen LogP contribution is 2.30. The third-order valence-electron chi connectivity index (χ3n) is 2.33. The molecule has 2 aromatic heterocycles. The Morgan fingerprint density at radius 1 is 1.47 bits per heavy atom. The number of aromatic nitrogens is 3. The first-order chi connectivity index (χ1) is 8.90. The van der Waals surface area contributed by atoms with Gasteiger partial charge in [-0.15, -0.1) is 11.3 Å². The fraction of sp³-hybridized carbons (Fsp3) is 0.300. The average molecular weight is 300 g/mol. The zero-order chi connectivity index (χ0) is 14.0. The van der Waals surface area contributed by atoms with E-state index in [0.717, 1.165) is 11.2 Å². The Balaban J connectivity index is 2.38. The summed E-state index contributed by atoms with van der Waals surface area (Å²) < 4.78 is 0. The molecule has 9 heteroatoms. The number of hydrogen-bond acceptors (Lipinski definition) is 7. The largest absolute Gasteiger partial charge is 0.353 e. The second-order valence-electron chi connectivity index (χ2n) is 4.22. The van der Waals surface area contributed by atoms with Gasteiger partial charge in [-0.3, -0.25) is 10.1 Å². The van der Waals surface area contributed by atoms with Crippen LogP contribution in [0.15, 0.2) is 17.8 Å². The molecule has 1 N–H and O–H groups in total. The van der Waals surface area contributed by atoms with Crippen LogP contribution in [0.5, 0.6) is 0 Å². The second-order valence-corrected chi connectivity index (χ2v) is 5.45. The first-order valence-electron chi connectivity index (χ1n) is 5.25. The van der Waals surface area contributed by atoms with Gasteiger partial charge >= 0.3 is 5.69 Å². The predicted molar refractivity (Wildman–Crippen MR) is 72.5 cm³/mol. The molecule has 0 unspecified atom stereocenters. The van der Waals surface area contributed by atoms with Crippen LogP contribution in [-0.4, -0.2) is 19.9 Å². The van der Waals surface area contributed by atoms with Crippen molar-refractivity contribution >= 4 is 34.4 Å². The van der Waals surface area contributed by atoms with Crippen LogP contribution in [0.3, 0.4) is 0 Å². The molecule has 0 aliphatic carbocycles. The van der Waals surface area contributed by atoms with E-state index in [0.29, 0.717) is 0 Å². The van der Waals surface area contributed by atoms with Crippen LogP contribution in [0, 0.1) is 10.1 Å². The molecule has 0 saturated carbocycles. The molecule has 0 aromatic carbocycles. The Morgan fingerprint density at radius 3 is 2.79 bits per heavy atom. The van der Waals surface area contributed by atoms with Crippen LogP contribution in [0.25, 0.3) is 0 Å². The Morgan fingerprint density at radius 2 is 2.21 bits per heavy atom. The molecule has 0 spiro atoms. The van der Waals surface area contributed by atoms with E-state index in [9.17, 15) is 10.1 Å². The SMILES string of the molecule is CC(C)(Nc1nc(Cl)ncc1[N+](=O)[O-])c1nccs1. The van der Waals surface area contributed by atoms with Crippen molar-refractivity contribution in [2.75, 3.05) is 5.32 Å². The van der Waals surface area contributed by atoms with Crippen LogP contribution in [-0.2, 0) is 5.54 Å². The molecule has 0 fully saturated rings. The first-order valence-corrected chi connectivity index (χ1v) is 6.51. The lowest BCUT2D eigenvalue weighted by Crippen LogP contribution is -2.28. The molecular formula is C10H10ClN5O2S. The Labute approximate surface area is 117 Å². The normalized spacial score (nSPS) is 11.3. The maximum Gasteiger partial charge on any atom is 0.329 e. The minimum Gasteiger partial charge on any atom is -0.353 e. The van der Waals surface area contributed by atoms with Gasteiger partial charge in [0.05, 0.1) is 10.5 Å². The fourth-order valence-corrected chi connectivity index (χ4v) is 2.31. The lowest BCUT2D eigenvalue weighted by Gasteiger charge is -2.24. The molecule has 7 nitrogen and oxygen atoms in total. The standard InChI is InChI=1S/C10H10ClN5O2S/c1-10(2,8-12-3-4-19-8)15-7-6(16(17)18)5-13-9(11)14-7/h3-5H,1-2H3,(H,13,14,15). The van der Waals surface area contributed by atoms with E-state index < -0.39 is 10.5 Å². The van der Waals surface area contributed by atoms with Crippen LogP contribution in [0.1, 0.15) is 18.9 Å². The van der Waals surface area contributed by atoms with Gasteiger partial charge < -0.3 is 5.32 Å². The summed E-state index contributed by atoms with van der Waals surface area (Å²) in [5, 5.41) is 16.5. The minimum absolute atomic E-state index is 0.0527.